The number of aromatic nitrogens is 1. The molecule has 2 heterocycles. The number of amides is 2. The fraction of sp³-hybridized carbons (Fsp3) is 0.667. The summed E-state index contributed by atoms with van der Waals surface area (Å²) < 4.78 is 66.7. The number of alkyl halides is 4. The van der Waals surface area contributed by atoms with Gasteiger partial charge in [0.2, 0.25) is 5.91 Å². The third-order valence-electron chi connectivity index (χ3n) is 4.66. The van der Waals surface area contributed by atoms with Crippen LogP contribution in [-0.4, -0.2) is 65.8 Å². The molecule has 1 aromatic rings. The van der Waals surface area contributed by atoms with Crippen LogP contribution in [0.2, 0.25) is 0 Å². The Hall–Kier alpha value is -2.79. The van der Waals surface area contributed by atoms with Crippen LogP contribution in [0.1, 0.15) is 41.0 Å². The van der Waals surface area contributed by atoms with Crippen molar-refractivity contribution < 1.29 is 41.4 Å². The van der Waals surface area contributed by atoms with Crippen LogP contribution in [0, 0.1) is 5.41 Å². The van der Waals surface area contributed by atoms with Crippen LogP contribution < -0.4 is 14.8 Å². The molecule has 1 aliphatic rings. The van der Waals surface area contributed by atoms with Gasteiger partial charge < -0.3 is 24.4 Å². The maximum Gasteiger partial charge on any atom is 0.573 e. The van der Waals surface area contributed by atoms with E-state index in [2.05, 4.69) is 15.0 Å². The topological polar surface area (TPSA) is 90.0 Å². The number of rotatable bonds is 6. The van der Waals surface area contributed by atoms with Gasteiger partial charge in [0.25, 0.3) is 5.88 Å². The highest BCUT2D eigenvalue weighted by Gasteiger charge is 2.38. The van der Waals surface area contributed by atoms with Gasteiger partial charge in [-0.1, -0.05) is 0 Å². The van der Waals surface area contributed by atoms with Gasteiger partial charge in [0.15, 0.2) is 5.75 Å². The minimum absolute atomic E-state index is 0.174. The highest BCUT2D eigenvalue weighted by molar-refractivity contribution is 5.82. The van der Waals surface area contributed by atoms with Crippen LogP contribution in [-0.2, 0) is 9.53 Å². The SMILES string of the molecule is CC(C)(C)OC(=O)N1CC[C@H](NC(=O)C(C)(C)COc2ncccc2OC(F)(F)F)[C@@H](F)C1. The van der Waals surface area contributed by atoms with Crippen molar-refractivity contribution in [2.75, 3.05) is 19.7 Å². The fourth-order valence-electron chi connectivity index (χ4n) is 2.92. The van der Waals surface area contributed by atoms with E-state index in [9.17, 15) is 27.2 Å². The van der Waals surface area contributed by atoms with Crippen molar-refractivity contribution in [3.8, 4) is 11.6 Å². The predicted octanol–water partition coefficient (Wildman–Crippen LogP) is 3.85. The molecule has 0 unspecified atom stereocenters. The summed E-state index contributed by atoms with van der Waals surface area (Å²) in [5.41, 5.74) is -1.94. The highest BCUT2D eigenvalue weighted by atomic mass is 19.4. The van der Waals surface area contributed by atoms with Crippen LogP contribution in [0.25, 0.3) is 0 Å². The number of carbonyl (C=O) groups excluding carboxylic acids is 2. The number of halogens is 4. The minimum Gasteiger partial charge on any atom is -0.474 e. The van der Waals surface area contributed by atoms with Crippen LogP contribution in [0.3, 0.4) is 0 Å². The monoisotopic (exact) mass is 479 g/mol. The van der Waals surface area contributed by atoms with E-state index < -0.39 is 53.2 Å². The standard InChI is InChI=1S/C21H29F4N3O5/c1-19(2,3)33-18(30)28-10-8-14(13(22)11-28)27-17(29)20(4,5)12-31-16-15(7-6-9-26-16)32-21(23,24)25/h6-7,9,13-14H,8,10-12H2,1-5H3,(H,27,29)/t13-,14-/m0/s1. The average molecular weight is 479 g/mol. The lowest BCUT2D eigenvalue weighted by molar-refractivity contribution is -0.275. The molecule has 33 heavy (non-hydrogen) atoms. The van der Waals surface area contributed by atoms with Crippen LogP contribution >= 0.6 is 0 Å². The second kappa shape index (κ2) is 10.0. The molecule has 186 valence electrons. The Morgan fingerprint density at radius 3 is 2.45 bits per heavy atom. The normalized spacial score (nSPS) is 19.6. The number of ether oxygens (including phenoxy) is 3. The van der Waals surface area contributed by atoms with E-state index in [1.165, 1.54) is 31.0 Å². The first-order valence-corrected chi connectivity index (χ1v) is 10.3. The number of nitrogens with one attached hydrogen (secondary N) is 1. The number of nitrogens with zero attached hydrogens (tertiary/aromatic N) is 2. The van der Waals surface area contributed by atoms with E-state index in [1.54, 1.807) is 20.8 Å². The van der Waals surface area contributed by atoms with Gasteiger partial charge in [0, 0.05) is 12.7 Å². The van der Waals surface area contributed by atoms with Crippen LogP contribution in [0.5, 0.6) is 11.6 Å². The maximum atomic E-state index is 14.7. The van der Waals surface area contributed by atoms with Crippen LogP contribution in [0.15, 0.2) is 18.3 Å². The zero-order valence-electron chi connectivity index (χ0n) is 19.2. The summed E-state index contributed by atoms with van der Waals surface area (Å²) in [4.78, 5) is 29.8. The molecule has 0 aromatic carbocycles. The molecular formula is C21H29F4N3O5. The van der Waals surface area contributed by atoms with Crippen LogP contribution in [0.4, 0.5) is 22.4 Å². The Bertz CT molecular complexity index is 842. The molecule has 1 aromatic heterocycles. The van der Waals surface area contributed by atoms with Gasteiger partial charge in [-0.2, -0.15) is 0 Å². The van der Waals surface area contributed by atoms with Crippen molar-refractivity contribution in [3.63, 3.8) is 0 Å². The van der Waals surface area contributed by atoms with Gasteiger partial charge in [0.1, 0.15) is 18.4 Å². The lowest BCUT2D eigenvalue weighted by atomic mass is 9.92. The number of hydrogen-bond acceptors (Lipinski definition) is 6. The molecular weight excluding hydrogens is 450 g/mol. The number of piperidine rings is 1. The van der Waals surface area contributed by atoms with Crippen molar-refractivity contribution in [3.05, 3.63) is 18.3 Å². The zero-order valence-corrected chi connectivity index (χ0v) is 19.2. The summed E-state index contributed by atoms with van der Waals surface area (Å²) in [5.74, 6) is -1.63. The van der Waals surface area contributed by atoms with Crippen molar-refractivity contribution in [2.24, 2.45) is 5.41 Å². The maximum absolute atomic E-state index is 14.7. The second-order valence-electron chi connectivity index (χ2n) is 9.34. The molecule has 1 N–H and O–H groups in total. The Kier molecular flexibility index (Phi) is 8.02. The number of hydrogen-bond donors (Lipinski definition) is 1. The first-order valence-electron chi connectivity index (χ1n) is 10.3. The lowest BCUT2D eigenvalue weighted by Crippen LogP contribution is -2.56. The summed E-state index contributed by atoms with van der Waals surface area (Å²) >= 11 is 0. The molecule has 2 rings (SSSR count). The first-order chi connectivity index (χ1) is 15.1. The van der Waals surface area contributed by atoms with Crippen molar-refractivity contribution in [1.82, 2.24) is 15.2 Å². The summed E-state index contributed by atoms with van der Waals surface area (Å²) in [6, 6.07) is 1.45. The average Bonchev–Trinajstić information content (AvgIpc) is 2.66. The number of carbonyl (C=O) groups is 2. The molecule has 0 aliphatic carbocycles. The molecule has 8 nitrogen and oxygen atoms in total. The second-order valence-corrected chi connectivity index (χ2v) is 9.34. The summed E-state index contributed by atoms with van der Waals surface area (Å²) in [7, 11) is 0. The van der Waals surface area contributed by atoms with Gasteiger partial charge in [-0.3, -0.25) is 4.79 Å². The zero-order chi connectivity index (χ0) is 25.0. The van der Waals surface area contributed by atoms with E-state index in [4.69, 9.17) is 9.47 Å². The van der Waals surface area contributed by atoms with Crippen molar-refractivity contribution >= 4 is 12.0 Å². The third-order valence-corrected chi connectivity index (χ3v) is 4.66. The van der Waals surface area contributed by atoms with Gasteiger partial charge in [-0.25, -0.2) is 14.2 Å². The number of pyridine rings is 1. The van der Waals surface area contributed by atoms with Crippen molar-refractivity contribution in [1.29, 1.82) is 0 Å². The Labute approximate surface area is 189 Å². The van der Waals surface area contributed by atoms with E-state index in [0.29, 0.717) is 0 Å². The largest absolute Gasteiger partial charge is 0.573 e. The fourth-order valence-corrected chi connectivity index (χ4v) is 2.92. The van der Waals surface area contributed by atoms with E-state index in [-0.39, 0.29) is 26.1 Å². The molecule has 1 fully saturated rings. The minimum atomic E-state index is -4.93. The third kappa shape index (κ3) is 8.25. The molecule has 0 saturated carbocycles. The van der Waals surface area contributed by atoms with E-state index in [1.807, 2.05) is 0 Å². The van der Waals surface area contributed by atoms with Gasteiger partial charge >= 0.3 is 12.5 Å². The van der Waals surface area contributed by atoms with Gasteiger partial charge in [-0.15, -0.1) is 13.2 Å². The summed E-state index contributed by atoms with van der Waals surface area (Å²) in [5, 5.41) is 2.60. The molecule has 2 amide bonds. The predicted molar refractivity (Wildman–Crippen MR) is 109 cm³/mol. The Morgan fingerprint density at radius 2 is 1.88 bits per heavy atom. The molecule has 0 spiro atoms. The Morgan fingerprint density at radius 1 is 1.21 bits per heavy atom. The molecule has 1 aliphatic heterocycles. The highest BCUT2D eigenvalue weighted by Crippen LogP contribution is 2.31. The summed E-state index contributed by atoms with van der Waals surface area (Å²) in [6.07, 6.45) is -5.69. The molecule has 12 heteroatoms. The molecule has 1 saturated heterocycles. The van der Waals surface area contributed by atoms with Crippen molar-refractivity contribution in [2.45, 2.75) is 65.2 Å². The summed E-state index contributed by atoms with van der Waals surface area (Å²) in [6.45, 7) is 7.75. The van der Waals surface area contributed by atoms with E-state index in [0.717, 1.165) is 6.07 Å². The Balaban J connectivity index is 1.93. The first kappa shape index (κ1) is 26.5. The smallest absolute Gasteiger partial charge is 0.474 e. The molecule has 0 bridgehead atoms. The molecule has 2 atom stereocenters. The van der Waals surface area contributed by atoms with Gasteiger partial charge in [-0.05, 0) is 53.2 Å². The number of likely N-dealkylation sites (tertiary alicyclic amines) is 1. The quantitative estimate of drug-likeness (QED) is 0.624. The molecule has 0 radical (unpaired) electrons. The lowest BCUT2D eigenvalue weighted by Gasteiger charge is -2.37. The van der Waals surface area contributed by atoms with E-state index >= 15 is 0 Å². The van der Waals surface area contributed by atoms with Gasteiger partial charge in [0.05, 0.1) is 18.0 Å².